The summed E-state index contributed by atoms with van der Waals surface area (Å²) in [5, 5.41) is 0. The van der Waals surface area contributed by atoms with Gasteiger partial charge in [-0.2, -0.15) is 22.0 Å². The van der Waals surface area contributed by atoms with Gasteiger partial charge in [0, 0.05) is 23.8 Å². The Morgan fingerprint density at radius 3 is 1.84 bits per heavy atom. The summed E-state index contributed by atoms with van der Waals surface area (Å²) in [4.78, 5) is 0. The molecule has 0 aliphatic heterocycles. The van der Waals surface area contributed by atoms with Crippen molar-refractivity contribution in [2.45, 2.75) is 44.9 Å². The van der Waals surface area contributed by atoms with Crippen molar-refractivity contribution in [1.82, 2.24) is 0 Å². The predicted molar refractivity (Wildman–Crippen MR) is 95.6 cm³/mol. The van der Waals surface area contributed by atoms with Crippen LogP contribution in [0.25, 0.3) is 6.08 Å². The molecule has 0 aliphatic rings. The molecule has 2 rings (SSSR count). The van der Waals surface area contributed by atoms with Crippen LogP contribution in [-0.4, -0.2) is 6.18 Å². The van der Waals surface area contributed by atoms with Crippen molar-refractivity contribution in [3.63, 3.8) is 0 Å². The zero-order valence-electron chi connectivity index (χ0n) is 16.1. The second kappa shape index (κ2) is 9.65. The predicted octanol–water partition coefficient (Wildman–Crippen LogP) is 7.68. The zero-order chi connectivity index (χ0) is 23.4. The number of hydrogen-bond acceptors (Lipinski definition) is 1. The van der Waals surface area contributed by atoms with Gasteiger partial charge in [-0.1, -0.05) is 19.8 Å². The number of benzene rings is 2. The first-order valence-corrected chi connectivity index (χ1v) is 9.14. The molecule has 0 atom stereocenters. The first kappa shape index (κ1) is 24.6. The van der Waals surface area contributed by atoms with Crippen molar-refractivity contribution < 1.29 is 44.3 Å². The summed E-state index contributed by atoms with van der Waals surface area (Å²) < 4.78 is 125. The van der Waals surface area contributed by atoms with E-state index >= 15 is 0 Å². The molecule has 2 aromatic carbocycles. The minimum Gasteiger partial charge on any atom is -0.429 e. The lowest BCUT2D eigenvalue weighted by Crippen LogP contribution is -2.25. The summed E-state index contributed by atoms with van der Waals surface area (Å²) in [7, 11) is 0. The molecule has 0 radical (unpaired) electrons. The van der Waals surface area contributed by atoms with Crippen molar-refractivity contribution in [2.24, 2.45) is 0 Å². The molecule has 0 saturated heterocycles. The number of rotatable bonds is 8. The van der Waals surface area contributed by atoms with E-state index in [1.165, 1.54) is 0 Å². The minimum atomic E-state index is -4.86. The van der Waals surface area contributed by atoms with Crippen LogP contribution in [0.4, 0.5) is 39.5 Å². The summed E-state index contributed by atoms with van der Waals surface area (Å²) in [6.07, 6.45) is -7.42. The fraction of sp³-hybridized carbons (Fsp3) is 0.333. The average molecular weight is 456 g/mol. The van der Waals surface area contributed by atoms with Crippen molar-refractivity contribution in [3.05, 3.63) is 70.3 Å². The molecule has 1 nitrogen and oxygen atoms in total. The monoisotopic (exact) mass is 456 g/mol. The van der Waals surface area contributed by atoms with Gasteiger partial charge in [0.25, 0.3) is 0 Å². The zero-order valence-corrected chi connectivity index (χ0v) is 16.1. The molecule has 0 aliphatic carbocycles. The fourth-order valence-electron chi connectivity index (χ4n) is 2.78. The van der Waals surface area contributed by atoms with Gasteiger partial charge in [-0.3, -0.25) is 0 Å². The number of alkyl halides is 5. The Bertz CT molecular complexity index is 902. The van der Waals surface area contributed by atoms with Crippen LogP contribution in [0.15, 0.2) is 30.3 Å². The molecule has 170 valence electrons. The van der Waals surface area contributed by atoms with E-state index in [1.54, 1.807) is 0 Å². The topological polar surface area (TPSA) is 9.23 Å². The summed E-state index contributed by atoms with van der Waals surface area (Å²) in [6, 6.07) is 1.80. The Kier molecular flexibility index (Phi) is 7.67. The molecule has 2 aromatic rings. The molecule has 0 spiro atoms. The standard InChI is InChI=1S/C21H17F9O/c1-2-3-4-5-12-8-17(24)19(18(25)9-12)21(29,30)31-13-10-15(22)14(16(23)11-13)6-7-20(26,27)28/h6-11H,2-5H2,1H3. The van der Waals surface area contributed by atoms with Crippen LogP contribution in [0.1, 0.15) is 42.9 Å². The first-order valence-electron chi connectivity index (χ1n) is 9.14. The van der Waals surface area contributed by atoms with E-state index in [4.69, 9.17) is 0 Å². The maximum absolute atomic E-state index is 14.4. The number of halogens is 9. The first-order chi connectivity index (χ1) is 14.3. The Labute approximate surface area is 172 Å². The van der Waals surface area contributed by atoms with Crippen LogP contribution >= 0.6 is 0 Å². The van der Waals surface area contributed by atoms with Crippen LogP contribution in [0.5, 0.6) is 5.75 Å². The number of ether oxygens (including phenoxy) is 1. The summed E-state index contributed by atoms with van der Waals surface area (Å²) >= 11 is 0. The Balaban J connectivity index is 2.31. The Morgan fingerprint density at radius 1 is 0.806 bits per heavy atom. The van der Waals surface area contributed by atoms with Gasteiger partial charge in [0.1, 0.15) is 34.6 Å². The average Bonchev–Trinajstić information content (AvgIpc) is 2.59. The summed E-state index contributed by atoms with van der Waals surface area (Å²) in [6.45, 7) is 1.91. The number of hydrogen-bond donors (Lipinski definition) is 0. The van der Waals surface area contributed by atoms with Gasteiger partial charge < -0.3 is 4.74 Å². The highest BCUT2D eigenvalue weighted by Gasteiger charge is 2.41. The third-order valence-corrected chi connectivity index (χ3v) is 4.20. The van der Waals surface area contributed by atoms with E-state index in [0.29, 0.717) is 6.42 Å². The van der Waals surface area contributed by atoms with Gasteiger partial charge in [0.15, 0.2) is 0 Å². The molecule has 31 heavy (non-hydrogen) atoms. The molecule has 0 aromatic heterocycles. The highest BCUT2D eigenvalue weighted by molar-refractivity contribution is 5.53. The lowest BCUT2D eigenvalue weighted by atomic mass is 10.0. The maximum atomic E-state index is 14.4. The minimum absolute atomic E-state index is 0.0726. The second-order valence-corrected chi connectivity index (χ2v) is 6.69. The van der Waals surface area contributed by atoms with E-state index in [9.17, 15) is 39.5 Å². The van der Waals surface area contributed by atoms with Crippen LogP contribution in [0, 0.1) is 23.3 Å². The molecule has 0 saturated carbocycles. The lowest BCUT2D eigenvalue weighted by Gasteiger charge is -2.20. The van der Waals surface area contributed by atoms with Crippen LogP contribution in [-0.2, 0) is 12.5 Å². The summed E-state index contributed by atoms with van der Waals surface area (Å²) in [5.41, 5.74) is -2.75. The van der Waals surface area contributed by atoms with E-state index in [1.807, 2.05) is 6.92 Å². The van der Waals surface area contributed by atoms with Crippen LogP contribution < -0.4 is 4.74 Å². The van der Waals surface area contributed by atoms with E-state index in [2.05, 4.69) is 4.74 Å². The normalized spacial score (nSPS) is 12.6. The third-order valence-electron chi connectivity index (χ3n) is 4.20. The van der Waals surface area contributed by atoms with Crippen molar-refractivity contribution in [1.29, 1.82) is 0 Å². The van der Waals surface area contributed by atoms with Crippen molar-refractivity contribution >= 4 is 6.08 Å². The molecule has 10 heteroatoms. The molecule has 0 bridgehead atoms. The van der Waals surface area contributed by atoms with Gasteiger partial charge in [-0.05, 0) is 36.6 Å². The van der Waals surface area contributed by atoms with E-state index in [0.717, 1.165) is 25.0 Å². The van der Waals surface area contributed by atoms with Gasteiger partial charge in [-0.15, -0.1) is 0 Å². The second-order valence-electron chi connectivity index (χ2n) is 6.69. The Morgan fingerprint density at radius 2 is 1.35 bits per heavy atom. The molecular weight excluding hydrogens is 439 g/mol. The van der Waals surface area contributed by atoms with E-state index < -0.39 is 58.5 Å². The van der Waals surface area contributed by atoms with Gasteiger partial charge in [0.05, 0.1) is 0 Å². The van der Waals surface area contributed by atoms with Gasteiger partial charge in [0.2, 0.25) is 0 Å². The van der Waals surface area contributed by atoms with Crippen molar-refractivity contribution in [3.8, 4) is 5.75 Å². The molecule has 0 amide bonds. The number of aryl methyl sites for hydroxylation is 1. The smallest absolute Gasteiger partial charge is 0.429 e. The molecule has 0 fully saturated rings. The molecule has 0 heterocycles. The van der Waals surface area contributed by atoms with E-state index in [-0.39, 0.29) is 30.2 Å². The van der Waals surface area contributed by atoms with Crippen LogP contribution in [0.3, 0.4) is 0 Å². The lowest BCUT2D eigenvalue weighted by molar-refractivity contribution is -0.189. The quantitative estimate of drug-likeness (QED) is 0.292. The largest absolute Gasteiger partial charge is 0.432 e. The molecular formula is C21H17F9O. The van der Waals surface area contributed by atoms with Gasteiger partial charge in [-0.25, -0.2) is 17.6 Å². The SMILES string of the molecule is CCCCCc1cc(F)c(C(F)(F)Oc2cc(F)c(C=CC(F)(F)F)c(F)c2)c(F)c1. The molecule has 0 unspecified atom stereocenters. The third kappa shape index (κ3) is 6.67. The van der Waals surface area contributed by atoms with Crippen molar-refractivity contribution in [2.75, 3.05) is 0 Å². The molecule has 0 N–H and O–H groups in total. The highest BCUT2D eigenvalue weighted by atomic mass is 19.4. The fourth-order valence-corrected chi connectivity index (χ4v) is 2.78. The highest BCUT2D eigenvalue weighted by Crippen LogP contribution is 2.36. The van der Waals surface area contributed by atoms with Gasteiger partial charge >= 0.3 is 12.3 Å². The maximum Gasteiger partial charge on any atom is 0.432 e. The summed E-state index contributed by atoms with van der Waals surface area (Å²) in [5.74, 6) is -7.67. The number of unbranched alkanes of at least 4 members (excludes halogenated alkanes) is 2. The van der Waals surface area contributed by atoms with Crippen LogP contribution in [0.2, 0.25) is 0 Å². The number of allylic oxidation sites excluding steroid dienone is 1. The Hall–Kier alpha value is -2.65.